The van der Waals surface area contributed by atoms with Gasteiger partial charge in [-0.25, -0.2) is 4.79 Å². The molecule has 0 fully saturated rings. The van der Waals surface area contributed by atoms with Crippen molar-refractivity contribution in [2.75, 3.05) is 0 Å². The molecule has 0 aromatic heterocycles. The molecule has 3 heteroatoms. The van der Waals surface area contributed by atoms with Gasteiger partial charge in [-0.1, -0.05) is 54.9 Å². The summed E-state index contributed by atoms with van der Waals surface area (Å²) in [6.45, 7) is 15.0. The molecule has 0 bridgehead atoms. The zero-order valence-electron chi connectivity index (χ0n) is 11.7. The third kappa shape index (κ3) is 2.76. The molecule has 0 heterocycles. The van der Waals surface area contributed by atoms with Crippen LogP contribution in [0, 0.1) is 16.2 Å². The summed E-state index contributed by atoms with van der Waals surface area (Å²) in [6.07, 6.45) is 1.26. The Balaban J connectivity index is 5.05. The lowest BCUT2D eigenvalue weighted by molar-refractivity contribution is -0.238. The quantitative estimate of drug-likeness (QED) is 0.576. The Labute approximate surface area is 99.1 Å². The number of hydrogen-bond donors (Lipinski definition) is 1. The van der Waals surface area contributed by atoms with Gasteiger partial charge in [0.2, 0.25) is 0 Å². The molecule has 96 valence electrons. The lowest BCUT2D eigenvalue weighted by Gasteiger charge is -2.51. The Morgan fingerprint density at radius 3 is 1.81 bits per heavy atom. The molecular weight excluding hydrogens is 204 g/mol. The van der Waals surface area contributed by atoms with E-state index in [0.29, 0.717) is 0 Å². The molecule has 0 saturated carbocycles. The van der Waals surface area contributed by atoms with Gasteiger partial charge in [-0.3, -0.25) is 0 Å². The maximum absolute atomic E-state index is 11.2. The Kier molecular flexibility index (Phi) is 4.57. The molecule has 0 rings (SSSR count). The van der Waals surface area contributed by atoms with Crippen LogP contribution in [-0.2, 0) is 9.68 Å². The first-order chi connectivity index (χ1) is 7.02. The highest BCUT2D eigenvalue weighted by Gasteiger charge is 2.47. The van der Waals surface area contributed by atoms with Crippen LogP contribution in [0.5, 0.6) is 0 Å². The molecule has 0 aliphatic carbocycles. The van der Waals surface area contributed by atoms with Crippen molar-refractivity contribution in [2.45, 2.75) is 61.3 Å². The molecular formula is C13H26O3. The molecule has 1 N–H and O–H groups in total. The molecule has 0 aliphatic rings. The van der Waals surface area contributed by atoms with Crippen LogP contribution in [0.3, 0.4) is 0 Å². The molecule has 0 aromatic rings. The van der Waals surface area contributed by atoms with Gasteiger partial charge in [0, 0.05) is 0 Å². The second-order valence-corrected chi connectivity index (χ2v) is 6.39. The van der Waals surface area contributed by atoms with E-state index in [1.54, 1.807) is 0 Å². The lowest BCUT2D eigenvalue weighted by Crippen LogP contribution is -2.45. The standard InChI is InChI=1S/C13H26O3/c1-8-11(2,3)13(6,7)12(4,5)9-10(14)16-15/h15H,8-9H2,1-7H3. The van der Waals surface area contributed by atoms with E-state index in [2.05, 4.69) is 39.5 Å². The zero-order valence-corrected chi connectivity index (χ0v) is 11.7. The Morgan fingerprint density at radius 2 is 1.50 bits per heavy atom. The summed E-state index contributed by atoms with van der Waals surface area (Å²) in [7, 11) is 0. The van der Waals surface area contributed by atoms with Crippen LogP contribution in [0.25, 0.3) is 0 Å². The average Bonchev–Trinajstić information content (AvgIpc) is 2.16. The zero-order chi connectivity index (χ0) is 13.2. The highest BCUT2D eigenvalue weighted by atomic mass is 17.1. The van der Waals surface area contributed by atoms with Crippen molar-refractivity contribution in [3.05, 3.63) is 0 Å². The SMILES string of the molecule is CCC(C)(C)C(C)(C)C(C)(C)CC(=O)OO. The first kappa shape index (κ1) is 15.4. The van der Waals surface area contributed by atoms with Crippen LogP contribution >= 0.6 is 0 Å². The molecule has 0 atom stereocenters. The minimum absolute atomic E-state index is 0.0388. The van der Waals surface area contributed by atoms with Gasteiger partial charge in [0.25, 0.3) is 0 Å². The van der Waals surface area contributed by atoms with E-state index in [9.17, 15) is 4.79 Å². The van der Waals surface area contributed by atoms with Gasteiger partial charge in [0.1, 0.15) is 0 Å². The molecule has 3 nitrogen and oxygen atoms in total. The van der Waals surface area contributed by atoms with Crippen molar-refractivity contribution in [1.82, 2.24) is 0 Å². The van der Waals surface area contributed by atoms with E-state index < -0.39 is 5.97 Å². The van der Waals surface area contributed by atoms with Gasteiger partial charge in [0.05, 0.1) is 6.42 Å². The lowest BCUT2D eigenvalue weighted by atomic mass is 9.53. The molecule has 16 heavy (non-hydrogen) atoms. The predicted molar refractivity (Wildman–Crippen MR) is 65.0 cm³/mol. The fraction of sp³-hybridized carbons (Fsp3) is 0.923. The highest BCUT2D eigenvalue weighted by Crippen LogP contribution is 2.54. The third-order valence-corrected chi connectivity index (χ3v) is 4.96. The third-order valence-electron chi connectivity index (χ3n) is 4.96. The average molecular weight is 230 g/mol. The smallest absolute Gasteiger partial charge is 0.301 e. The summed E-state index contributed by atoms with van der Waals surface area (Å²) in [5.74, 6) is -0.565. The van der Waals surface area contributed by atoms with Crippen LogP contribution in [0.2, 0.25) is 0 Å². The molecule has 0 aromatic carbocycles. The summed E-state index contributed by atoms with van der Waals surface area (Å²) in [5, 5.41) is 8.37. The van der Waals surface area contributed by atoms with E-state index in [1.807, 2.05) is 13.8 Å². The molecule has 0 amide bonds. The molecule has 0 unspecified atom stereocenters. The van der Waals surface area contributed by atoms with Crippen molar-refractivity contribution in [3.8, 4) is 0 Å². The molecule has 0 spiro atoms. The van der Waals surface area contributed by atoms with Crippen LogP contribution in [0.15, 0.2) is 0 Å². The second-order valence-electron chi connectivity index (χ2n) is 6.39. The number of rotatable bonds is 5. The summed E-state index contributed by atoms with van der Waals surface area (Å²) in [6, 6.07) is 0. The van der Waals surface area contributed by atoms with E-state index in [-0.39, 0.29) is 22.7 Å². The van der Waals surface area contributed by atoms with E-state index in [4.69, 9.17) is 5.26 Å². The van der Waals surface area contributed by atoms with Gasteiger partial charge in [-0.05, 0) is 16.2 Å². The van der Waals surface area contributed by atoms with Gasteiger partial charge >= 0.3 is 5.97 Å². The first-order valence-corrected chi connectivity index (χ1v) is 5.86. The topological polar surface area (TPSA) is 46.5 Å². The van der Waals surface area contributed by atoms with E-state index in [0.717, 1.165) is 6.42 Å². The van der Waals surface area contributed by atoms with Gasteiger partial charge in [0.15, 0.2) is 0 Å². The van der Waals surface area contributed by atoms with Crippen molar-refractivity contribution >= 4 is 5.97 Å². The molecule has 0 radical (unpaired) electrons. The molecule has 0 aliphatic heterocycles. The largest absolute Gasteiger partial charge is 0.342 e. The maximum Gasteiger partial charge on any atom is 0.342 e. The fourth-order valence-electron chi connectivity index (χ4n) is 1.97. The van der Waals surface area contributed by atoms with Crippen molar-refractivity contribution in [2.24, 2.45) is 16.2 Å². The Hall–Kier alpha value is -0.570. The first-order valence-electron chi connectivity index (χ1n) is 5.86. The summed E-state index contributed by atoms with van der Waals surface area (Å²) in [4.78, 5) is 15.0. The van der Waals surface area contributed by atoms with Gasteiger partial charge < -0.3 is 4.89 Å². The predicted octanol–water partition coefficient (Wildman–Crippen LogP) is 3.88. The highest BCUT2D eigenvalue weighted by molar-refractivity contribution is 5.69. The minimum atomic E-state index is -0.565. The molecule has 0 saturated heterocycles. The van der Waals surface area contributed by atoms with Crippen LogP contribution in [0.4, 0.5) is 0 Å². The van der Waals surface area contributed by atoms with Crippen LogP contribution in [-0.4, -0.2) is 11.2 Å². The van der Waals surface area contributed by atoms with Gasteiger partial charge in [-0.2, -0.15) is 5.26 Å². The van der Waals surface area contributed by atoms with E-state index >= 15 is 0 Å². The summed E-state index contributed by atoms with van der Waals surface area (Å²) in [5.41, 5.74) is -0.151. The Morgan fingerprint density at radius 1 is 1.06 bits per heavy atom. The number of hydrogen-bond acceptors (Lipinski definition) is 3. The minimum Gasteiger partial charge on any atom is -0.301 e. The van der Waals surface area contributed by atoms with Crippen molar-refractivity contribution < 1.29 is 14.9 Å². The maximum atomic E-state index is 11.2. The van der Waals surface area contributed by atoms with Gasteiger partial charge in [-0.15, -0.1) is 0 Å². The number of carbonyl (C=O) groups is 1. The number of carbonyl (C=O) groups excluding carboxylic acids is 1. The summed E-state index contributed by atoms with van der Waals surface area (Å²) >= 11 is 0. The monoisotopic (exact) mass is 230 g/mol. The Bertz CT molecular complexity index is 252. The summed E-state index contributed by atoms with van der Waals surface area (Å²) < 4.78 is 0. The van der Waals surface area contributed by atoms with Crippen molar-refractivity contribution in [3.63, 3.8) is 0 Å². The fourth-order valence-corrected chi connectivity index (χ4v) is 1.97. The van der Waals surface area contributed by atoms with E-state index in [1.165, 1.54) is 0 Å². The second kappa shape index (κ2) is 4.74. The normalized spacial score (nSPS) is 13.8. The van der Waals surface area contributed by atoms with Crippen LogP contribution < -0.4 is 0 Å². The van der Waals surface area contributed by atoms with Crippen molar-refractivity contribution in [1.29, 1.82) is 0 Å². The van der Waals surface area contributed by atoms with Crippen LogP contribution in [0.1, 0.15) is 61.3 Å².